The van der Waals surface area contributed by atoms with Gasteiger partial charge in [0.1, 0.15) is 5.58 Å². The monoisotopic (exact) mass is 259 g/mol. The highest BCUT2D eigenvalue weighted by Gasteiger charge is 2.43. The average Bonchev–Trinajstić information content (AvgIpc) is 2.71. The fourth-order valence-corrected chi connectivity index (χ4v) is 1.62. The first kappa shape index (κ1) is 11.9. The third-order valence-corrected chi connectivity index (χ3v) is 2.54. The first-order chi connectivity index (χ1) is 7.95. The Morgan fingerprint density at radius 1 is 1.41 bits per heavy atom. The van der Waals surface area contributed by atoms with Gasteiger partial charge in [0.05, 0.1) is 0 Å². The van der Waals surface area contributed by atoms with E-state index in [9.17, 15) is 13.6 Å². The van der Waals surface area contributed by atoms with Crippen LogP contribution in [-0.4, -0.2) is 13.0 Å². The molecule has 0 saturated carbocycles. The summed E-state index contributed by atoms with van der Waals surface area (Å²) in [5, 5.41) is 2.72. The molecule has 0 saturated heterocycles. The molecule has 0 aliphatic heterocycles. The molecule has 1 aromatic heterocycles. The maximum Gasteiger partial charge on any atom is 0.380 e. The average molecular weight is 260 g/mol. The van der Waals surface area contributed by atoms with Crippen LogP contribution >= 0.6 is 11.6 Å². The fourth-order valence-electron chi connectivity index (χ4n) is 1.44. The van der Waals surface area contributed by atoms with Crippen LogP contribution in [0.2, 0.25) is 5.02 Å². The Balaban J connectivity index is 2.53. The van der Waals surface area contributed by atoms with Crippen LogP contribution in [0.1, 0.15) is 5.76 Å². The van der Waals surface area contributed by atoms with Crippen molar-refractivity contribution in [3.05, 3.63) is 35.0 Å². The summed E-state index contributed by atoms with van der Waals surface area (Å²) in [5.41, 5.74) is 0.257. The second-order valence-electron chi connectivity index (χ2n) is 3.45. The second kappa shape index (κ2) is 4.00. The summed E-state index contributed by atoms with van der Waals surface area (Å²) in [6, 6.07) is 5.59. The summed E-state index contributed by atoms with van der Waals surface area (Å²) in [7, 11) is 1.13. The molecule has 0 aliphatic rings. The van der Waals surface area contributed by atoms with Crippen molar-refractivity contribution >= 4 is 28.5 Å². The molecule has 1 aromatic carbocycles. The molecule has 1 N–H and O–H groups in total. The molecular weight excluding hydrogens is 252 g/mol. The zero-order valence-electron chi connectivity index (χ0n) is 8.76. The van der Waals surface area contributed by atoms with Gasteiger partial charge in [0.15, 0.2) is 5.76 Å². The van der Waals surface area contributed by atoms with E-state index in [0.29, 0.717) is 10.4 Å². The van der Waals surface area contributed by atoms with Gasteiger partial charge in [-0.2, -0.15) is 8.78 Å². The second-order valence-corrected chi connectivity index (χ2v) is 3.88. The van der Waals surface area contributed by atoms with E-state index in [0.717, 1.165) is 13.1 Å². The number of hydrogen-bond acceptors (Lipinski definition) is 2. The van der Waals surface area contributed by atoms with Gasteiger partial charge in [-0.15, -0.1) is 0 Å². The molecule has 1 amide bonds. The minimum Gasteiger partial charge on any atom is -0.454 e. The highest BCUT2D eigenvalue weighted by Crippen LogP contribution is 2.33. The lowest BCUT2D eigenvalue weighted by Crippen LogP contribution is -2.35. The summed E-state index contributed by atoms with van der Waals surface area (Å²) < 4.78 is 32.0. The number of rotatable bonds is 2. The summed E-state index contributed by atoms with van der Waals surface area (Å²) in [5.74, 6) is -5.81. The van der Waals surface area contributed by atoms with Crippen LogP contribution in [0.25, 0.3) is 11.0 Å². The molecule has 2 aromatic rings. The highest BCUT2D eigenvalue weighted by atomic mass is 35.5. The van der Waals surface area contributed by atoms with Crippen molar-refractivity contribution in [2.45, 2.75) is 5.92 Å². The molecule has 17 heavy (non-hydrogen) atoms. The molecule has 0 aliphatic carbocycles. The zero-order valence-corrected chi connectivity index (χ0v) is 9.52. The lowest BCUT2D eigenvalue weighted by atomic mass is 10.2. The molecule has 0 radical (unpaired) electrons. The molecule has 0 bridgehead atoms. The Hall–Kier alpha value is -1.62. The van der Waals surface area contributed by atoms with E-state index in [2.05, 4.69) is 0 Å². The van der Waals surface area contributed by atoms with Gasteiger partial charge in [-0.1, -0.05) is 11.6 Å². The number of likely N-dealkylation sites (N-methyl/N-ethyl adjacent to an activating group) is 1. The van der Waals surface area contributed by atoms with Crippen LogP contribution < -0.4 is 5.32 Å². The van der Waals surface area contributed by atoms with Crippen LogP contribution in [0.4, 0.5) is 8.78 Å². The van der Waals surface area contributed by atoms with Gasteiger partial charge in [-0.05, 0) is 24.3 Å². The van der Waals surface area contributed by atoms with Crippen molar-refractivity contribution in [2.75, 3.05) is 7.05 Å². The first-order valence-electron chi connectivity index (χ1n) is 4.74. The Kier molecular flexibility index (Phi) is 2.79. The molecule has 6 heteroatoms. The topological polar surface area (TPSA) is 42.2 Å². The van der Waals surface area contributed by atoms with E-state index < -0.39 is 17.6 Å². The number of benzene rings is 1. The number of halogens is 3. The fraction of sp³-hybridized carbons (Fsp3) is 0.182. The molecule has 0 spiro atoms. The predicted molar refractivity (Wildman–Crippen MR) is 59.2 cm³/mol. The van der Waals surface area contributed by atoms with Crippen LogP contribution in [0.5, 0.6) is 0 Å². The normalized spacial score (nSPS) is 11.8. The number of amides is 1. The minimum atomic E-state index is -3.69. The number of fused-ring (bicyclic) bond motifs is 1. The number of alkyl halides is 2. The van der Waals surface area contributed by atoms with Gasteiger partial charge in [0.25, 0.3) is 5.91 Å². The van der Waals surface area contributed by atoms with Crippen molar-refractivity contribution in [1.82, 2.24) is 5.32 Å². The van der Waals surface area contributed by atoms with Gasteiger partial charge < -0.3 is 9.73 Å². The Morgan fingerprint density at radius 2 is 2.12 bits per heavy atom. The van der Waals surface area contributed by atoms with Crippen LogP contribution in [0.3, 0.4) is 0 Å². The zero-order chi connectivity index (χ0) is 12.6. The van der Waals surface area contributed by atoms with E-state index in [1.165, 1.54) is 18.2 Å². The maximum absolute atomic E-state index is 13.5. The third kappa shape index (κ3) is 1.98. The number of hydrogen-bond donors (Lipinski definition) is 1. The van der Waals surface area contributed by atoms with Crippen molar-refractivity contribution in [3.8, 4) is 0 Å². The standard InChI is InChI=1S/C11H8ClF2NO2/c1-15-10(16)11(13,14)9-5-6-4-7(12)2-3-8(6)17-9/h2-5H,1H3,(H,15,16). The van der Waals surface area contributed by atoms with Crippen molar-refractivity contribution < 1.29 is 18.0 Å². The molecular formula is C11H8ClF2NO2. The Bertz CT molecular complexity index is 580. The molecule has 90 valence electrons. The molecule has 1 heterocycles. The summed E-state index contributed by atoms with van der Waals surface area (Å²) in [6.07, 6.45) is 0. The Morgan fingerprint density at radius 3 is 2.76 bits per heavy atom. The summed E-state index contributed by atoms with van der Waals surface area (Å²) in [4.78, 5) is 11.0. The van der Waals surface area contributed by atoms with E-state index in [4.69, 9.17) is 16.0 Å². The summed E-state index contributed by atoms with van der Waals surface area (Å²) in [6.45, 7) is 0. The smallest absolute Gasteiger partial charge is 0.380 e. The van der Waals surface area contributed by atoms with Crippen molar-refractivity contribution in [2.24, 2.45) is 0 Å². The van der Waals surface area contributed by atoms with E-state index in [1.807, 2.05) is 5.32 Å². The van der Waals surface area contributed by atoms with Crippen LogP contribution in [0.15, 0.2) is 28.7 Å². The molecule has 0 unspecified atom stereocenters. The lowest BCUT2D eigenvalue weighted by Gasteiger charge is -2.10. The predicted octanol–water partition coefficient (Wildman–Crippen LogP) is 2.92. The molecule has 0 atom stereocenters. The maximum atomic E-state index is 13.5. The number of carbonyl (C=O) groups is 1. The van der Waals surface area contributed by atoms with Gasteiger partial charge in [-0.3, -0.25) is 4.79 Å². The van der Waals surface area contributed by atoms with E-state index >= 15 is 0 Å². The van der Waals surface area contributed by atoms with Crippen LogP contribution in [0, 0.1) is 0 Å². The lowest BCUT2D eigenvalue weighted by molar-refractivity contribution is -0.148. The third-order valence-electron chi connectivity index (χ3n) is 2.30. The van der Waals surface area contributed by atoms with Crippen LogP contribution in [-0.2, 0) is 10.7 Å². The molecule has 0 fully saturated rings. The number of nitrogens with one attached hydrogen (secondary N) is 1. The number of furan rings is 1. The van der Waals surface area contributed by atoms with Gasteiger partial charge in [0.2, 0.25) is 0 Å². The SMILES string of the molecule is CNC(=O)C(F)(F)c1cc2cc(Cl)ccc2o1. The summed E-state index contributed by atoms with van der Waals surface area (Å²) >= 11 is 5.72. The quantitative estimate of drug-likeness (QED) is 0.901. The highest BCUT2D eigenvalue weighted by molar-refractivity contribution is 6.31. The molecule has 2 rings (SSSR count). The van der Waals surface area contributed by atoms with Gasteiger partial charge in [-0.25, -0.2) is 0 Å². The van der Waals surface area contributed by atoms with Gasteiger partial charge in [0, 0.05) is 17.5 Å². The van der Waals surface area contributed by atoms with E-state index in [-0.39, 0.29) is 5.58 Å². The van der Waals surface area contributed by atoms with Crippen molar-refractivity contribution in [1.29, 1.82) is 0 Å². The Labute approximate surface area is 100 Å². The largest absolute Gasteiger partial charge is 0.454 e. The minimum absolute atomic E-state index is 0.257. The van der Waals surface area contributed by atoms with Crippen molar-refractivity contribution in [3.63, 3.8) is 0 Å². The van der Waals surface area contributed by atoms with E-state index in [1.54, 1.807) is 0 Å². The molecule has 3 nitrogen and oxygen atoms in total. The van der Waals surface area contributed by atoms with Gasteiger partial charge >= 0.3 is 5.92 Å². The number of carbonyl (C=O) groups excluding carboxylic acids is 1. The first-order valence-corrected chi connectivity index (χ1v) is 5.12.